The zero-order valence-electron chi connectivity index (χ0n) is 10.3. The molecule has 3 nitrogen and oxygen atoms in total. The molecule has 0 saturated carbocycles. The Morgan fingerprint density at radius 3 is 2.42 bits per heavy atom. The largest absolute Gasteiger partial charge is 0.386 e. The van der Waals surface area contributed by atoms with Crippen molar-refractivity contribution in [1.82, 2.24) is 0 Å². The minimum absolute atomic E-state index is 0.0756. The maximum absolute atomic E-state index is 13.0. The fraction of sp³-hybridized carbons (Fsp3) is 0.133. The van der Waals surface area contributed by atoms with Gasteiger partial charge < -0.3 is 5.73 Å². The van der Waals surface area contributed by atoms with Gasteiger partial charge in [-0.05, 0) is 29.8 Å². The molecule has 3 rings (SSSR count). The second kappa shape index (κ2) is 4.72. The number of benzene rings is 2. The molecule has 2 N–H and O–H groups in total. The van der Waals surface area contributed by atoms with Crippen molar-refractivity contribution in [2.45, 2.75) is 12.5 Å². The van der Waals surface area contributed by atoms with Crippen LogP contribution in [-0.2, 0) is 0 Å². The van der Waals surface area contributed by atoms with E-state index in [-0.39, 0.29) is 11.9 Å². The van der Waals surface area contributed by atoms with Crippen molar-refractivity contribution in [3.05, 3.63) is 66.0 Å². The van der Waals surface area contributed by atoms with Crippen molar-refractivity contribution in [2.24, 2.45) is 10.8 Å². The van der Waals surface area contributed by atoms with Gasteiger partial charge in [-0.15, -0.1) is 0 Å². The molecule has 0 aliphatic carbocycles. The average Bonchev–Trinajstić information content (AvgIpc) is 2.83. The van der Waals surface area contributed by atoms with Crippen molar-refractivity contribution >= 4 is 11.5 Å². The van der Waals surface area contributed by atoms with E-state index in [0.29, 0.717) is 12.3 Å². The lowest BCUT2D eigenvalue weighted by Gasteiger charge is -2.23. The molecule has 0 spiro atoms. The quantitative estimate of drug-likeness (QED) is 0.896. The van der Waals surface area contributed by atoms with Gasteiger partial charge in [0, 0.05) is 6.42 Å². The van der Waals surface area contributed by atoms with Gasteiger partial charge in [0.2, 0.25) is 0 Å². The van der Waals surface area contributed by atoms with Crippen molar-refractivity contribution in [3.63, 3.8) is 0 Å². The van der Waals surface area contributed by atoms with E-state index in [1.54, 1.807) is 12.1 Å². The highest BCUT2D eigenvalue weighted by atomic mass is 19.1. The molecule has 0 fully saturated rings. The minimum atomic E-state index is -0.254. The molecule has 1 aliphatic rings. The summed E-state index contributed by atoms with van der Waals surface area (Å²) in [6.45, 7) is 0. The van der Waals surface area contributed by atoms with Crippen LogP contribution in [0.15, 0.2) is 59.7 Å². The number of halogens is 1. The van der Waals surface area contributed by atoms with E-state index >= 15 is 0 Å². The summed E-state index contributed by atoms with van der Waals surface area (Å²) in [6.07, 6.45) is 0.682. The van der Waals surface area contributed by atoms with Crippen molar-refractivity contribution < 1.29 is 4.39 Å². The Morgan fingerprint density at radius 1 is 1.05 bits per heavy atom. The van der Waals surface area contributed by atoms with Crippen molar-refractivity contribution in [2.75, 3.05) is 5.01 Å². The number of hydrogen-bond acceptors (Lipinski definition) is 3. The maximum Gasteiger partial charge on any atom is 0.123 e. The fourth-order valence-corrected chi connectivity index (χ4v) is 2.30. The van der Waals surface area contributed by atoms with Gasteiger partial charge in [-0.1, -0.05) is 30.3 Å². The Balaban J connectivity index is 1.96. The number of anilines is 1. The van der Waals surface area contributed by atoms with Crippen LogP contribution < -0.4 is 10.7 Å². The highest BCUT2D eigenvalue weighted by Gasteiger charge is 2.27. The highest BCUT2D eigenvalue weighted by Crippen LogP contribution is 2.34. The van der Waals surface area contributed by atoms with E-state index in [2.05, 4.69) is 17.2 Å². The number of hydrogen-bond donors (Lipinski definition) is 1. The van der Waals surface area contributed by atoms with Gasteiger partial charge in [0.1, 0.15) is 11.7 Å². The van der Waals surface area contributed by atoms with Crippen LogP contribution in [0.5, 0.6) is 0 Å². The van der Waals surface area contributed by atoms with E-state index in [1.165, 1.54) is 12.1 Å². The predicted octanol–water partition coefficient (Wildman–Crippen LogP) is 3.05. The number of nitrogens with zero attached hydrogens (tertiary/aromatic N) is 2. The van der Waals surface area contributed by atoms with Crippen LogP contribution in [0, 0.1) is 5.82 Å². The summed E-state index contributed by atoms with van der Waals surface area (Å²) in [4.78, 5) is 0. The van der Waals surface area contributed by atoms with Gasteiger partial charge in [0.15, 0.2) is 0 Å². The molecular formula is C15H14FN3. The van der Waals surface area contributed by atoms with Crippen LogP contribution in [0.2, 0.25) is 0 Å². The zero-order valence-corrected chi connectivity index (χ0v) is 10.3. The second-order valence-electron chi connectivity index (χ2n) is 4.54. The summed E-state index contributed by atoms with van der Waals surface area (Å²) < 4.78 is 13.0. The van der Waals surface area contributed by atoms with E-state index in [0.717, 1.165) is 11.3 Å². The molecule has 96 valence electrons. The van der Waals surface area contributed by atoms with Gasteiger partial charge in [-0.2, -0.15) is 5.10 Å². The second-order valence-corrected chi connectivity index (χ2v) is 4.54. The summed E-state index contributed by atoms with van der Waals surface area (Å²) in [5.74, 6) is 0.342. The lowest BCUT2D eigenvalue weighted by molar-refractivity contribution is 0.626. The van der Waals surface area contributed by atoms with Gasteiger partial charge >= 0.3 is 0 Å². The Hall–Kier alpha value is -2.36. The molecule has 0 bridgehead atoms. The van der Waals surface area contributed by atoms with Crippen molar-refractivity contribution in [3.8, 4) is 0 Å². The molecule has 1 aliphatic heterocycles. The molecule has 19 heavy (non-hydrogen) atoms. The standard InChI is InChI=1S/C15H14FN3/c16-12-6-8-13(9-7-12)19-14(10-15(17)18-19)11-4-2-1-3-5-11/h1-9,14H,10H2,(H2,17,18). The maximum atomic E-state index is 13.0. The Morgan fingerprint density at radius 2 is 1.74 bits per heavy atom. The number of rotatable bonds is 2. The third kappa shape index (κ3) is 2.29. The van der Waals surface area contributed by atoms with Crippen LogP contribution in [0.4, 0.5) is 10.1 Å². The van der Waals surface area contributed by atoms with Crippen LogP contribution in [-0.4, -0.2) is 5.84 Å². The van der Waals surface area contributed by atoms with Crippen LogP contribution in [0.1, 0.15) is 18.0 Å². The third-order valence-electron chi connectivity index (χ3n) is 3.21. The highest BCUT2D eigenvalue weighted by molar-refractivity contribution is 5.85. The summed E-state index contributed by atoms with van der Waals surface area (Å²) >= 11 is 0. The van der Waals surface area contributed by atoms with E-state index in [9.17, 15) is 4.39 Å². The Kier molecular flexibility index (Phi) is 2.91. The van der Waals surface area contributed by atoms with E-state index < -0.39 is 0 Å². The number of hydrazone groups is 1. The number of nitrogens with two attached hydrogens (primary N) is 1. The minimum Gasteiger partial charge on any atom is -0.386 e. The summed E-state index contributed by atoms with van der Waals surface area (Å²) in [7, 11) is 0. The normalized spacial score (nSPS) is 18.5. The molecule has 0 amide bonds. The zero-order chi connectivity index (χ0) is 13.2. The smallest absolute Gasteiger partial charge is 0.123 e. The SMILES string of the molecule is NC1=NN(c2ccc(F)cc2)C(c2ccccc2)C1. The first-order chi connectivity index (χ1) is 9.24. The summed E-state index contributed by atoms with van der Waals surface area (Å²) in [5.41, 5.74) is 7.85. The van der Waals surface area contributed by atoms with Crippen LogP contribution in [0.25, 0.3) is 0 Å². The van der Waals surface area contributed by atoms with E-state index in [4.69, 9.17) is 5.73 Å². The molecule has 1 heterocycles. The molecule has 0 saturated heterocycles. The summed E-state index contributed by atoms with van der Waals surface area (Å²) in [6, 6.07) is 16.4. The van der Waals surface area contributed by atoms with Crippen molar-refractivity contribution in [1.29, 1.82) is 0 Å². The van der Waals surface area contributed by atoms with Crippen LogP contribution in [0.3, 0.4) is 0 Å². The fourth-order valence-electron chi connectivity index (χ4n) is 2.30. The summed E-state index contributed by atoms with van der Waals surface area (Å²) in [5, 5.41) is 6.20. The monoisotopic (exact) mass is 255 g/mol. The third-order valence-corrected chi connectivity index (χ3v) is 3.21. The molecule has 4 heteroatoms. The molecule has 2 aromatic rings. The van der Waals surface area contributed by atoms with Gasteiger partial charge in [-0.3, -0.25) is 5.01 Å². The van der Waals surface area contributed by atoms with Gasteiger partial charge in [-0.25, -0.2) is 4.39 Å². The van der Waals surface area contributed by atoms with E-state index in [1.807, 2.05) is 23.2 Å². The molecule has 1 unspecified atom stereocenters. The first kappa shape index (κ1) is 11.7. The molecular weight excluding hydrogens is 241 g/mol. The Labute approximate surface area is 111 Å². The lowest BCUT2D eigenvalue weighted by Crippen LogP contribution is -2.18. The molecule has 2 aromatic carbocycles. The predicted molar refractivity (Wildman–Crippen MR) is 74.3 cm³/mol. The van der Waals surface area contributed by atoms with Gasteiger partial charge in [0.25, 0.3) is 0 Å². The molecule has 0 radical (unpaired) electrons. The van der Waals surface area contributed by atoms with Crippen LogP contribution >= 0.6 is 0 Å². The number of amidine groups is 1. The lowest BCUT2D eigenvalue weighted by atomic mass is 10.0. The average molecular weight is 255 g/mol. The first-order valence-electron chi connectivity index (χ1n) is 6.17. The van der Waals surface area contributed by atoms with Gasteiger partial charge in [0.05, 0.1) is 11.7 Å². The molecule has 1 atom stereocenters. The topological polar surface area (TPSA) is 41.6 Å². The first-order valence-corrected chi connectivity index (χ1v) is 6.17. The Bertz CT molecular complexity index is 593. The molecule has 0 aromatic heterocycles.